The molecule has 0 spiro atoms. The van der Waals surface area contributed by atoms with Gasteiger partial charge in [0.1, 0.15) is 16.6 Å². The predicted molar refractivity (Wildman–Crippen MR) is 64.8 cm³/mol. The highest BCUT2D eigenvalue weighted by Gasteiger charge is 2.21. The van der Waals surface area contributed by atoms with Crippen molar-refractivity contribution in [2.45, 2.75) is 50.3 Å². The number of Topliss-reactive ketones (excluding diaryl/α,β-unsaturated/α-hetero) is 1. The smallest absolute Gasteiger partial charge is 0.142 e. The molecule has 1 heterocycles. The van der Waals surface area contributed by atoms with E-state index in [-0.39, 0.29) is 11.0 Å². The van der Waals surface area contributed by atoms with Crippen LogP contribution in [0.15, 0.2) is 5.03 Å². The number of ketones is 1. The first-order valence-electron chi connectivity index (χ1n) is 5.61. The van der Waals surface area contributed by atoms with E-state index in [1.165, 1.54) is 11.3 Å². The molecular formula is C12H16N2OS. The second-order valence-electron chi connectivity index (χ2n) is 4.23. The molecule has 0 bridgehead atoms. The molecule has 0 radical (unpaired) electrons. The minimum Gasteiger partial charge on any atom is -0.299 e. The van der Waals surface area contributed by atoms with E-state index in [9.17, 15) is 4.79 Å². The van der Waals surface area contributed by atoms with Gasteiger partial charge in [0.25, 0.3) is 0 Å². The summed E-state index contributed by atoms with van der Waals surface area (Å²) in [7, 11) is 0. The Morgan fingerprint density at radius 1 is 1.38 bits per heavy atom. The lowest BCUT2D eigenvalue weighted by atomic mass is 10.3. The van der Waals surface area contributed by atoms with Crippen LogP contribution in [0.5, 0.6) is 0 Å². The van der Waals surface area contributed by atoms with Gasteiger partial charge in [-0.1, -0.05) is 11.8 Å². The number of hydrogen-bond acceptors (Lipinski definition) is 4. The Kier molecular flexibility index (Phi) is 3.28. The molecule has 1 aromatic rings. The van der Waals surface area contributed by atoms with Crippen LogP contribution in [0.2, 0.25) is 0 Å². The van der Waals surface area contributed by atoms with Crippen molar-refractivity contribution >= 4 is 17.5 Å². The molecule has 0 aromatic carbocycles. The Labute approximate surface area is 100 Å². The van der Waals surface area contributed by atoms with Crippen molar-refractivity contribution < 1.29 is 4.79 Å². The van der Waals surface area contributed by atoms with E-state index >= 15 is 0 Å². The molecule has 1 aliphatic rings. The van der Waals surface area contributed by atoms with Crippen LogP contribution in [0.1, 0.15) is 37.4 Å². The molecular weight excluding hydrogens is 220 g/mol. The van der Waals surface area contributed by atoms with Crippen molar-refractivity contribution in [1.82, 2.24) is 9.97 Å². The van der Waals surface area contributed by atoms with Gasteiger partial charge in [-0.25, -0.2) is 9.97 Å². The molecule has 0 saturated carbocycles. The molecule has 0 unspecified atom stereocenters. The van der Waals surface area contributed by atoms with Crippen molar-refractivity contribution in [2.24, 2.45) is 0 Å². The Morgan fingerprint density at radius 2 is 2.12 bits per heavy atom. The Hall–Kier alpha value is -0.900. The number of thioether (sulfide) groups is 1. The van der Waals surface area contributed by atoms with Crippen LogP contribution < -0.4 is 0 Å². The Morgan fingerprint density at radius 3 is 2.81 bits per heavy atom. The number of fused-ring (bicyclic) bond motifs is 1. The average molecular weight is 236 g/mol. The zero-order valence-electron chi connectivity index (χ0n) is 9.91. The summed E-state index contributed by atoms with van der Waals surface area (Å²) in [6.07, 6.45) is 3.28. The largest absolute Gasteiger partial charge is 0.299 e. The molecule has 3 nitrogen and oxygen atoms in total. The van der Waals surface area contributed by atoms with Gasteiger partial charge < -0.3 is 0 Å². The lowest BCUT2D eigenvalue weighted by molar-refractivity contribution is -0.116. The van der Waals surface area contributed by atoms with E-state index in [0.29, 0.717) is 0 Å². The Balaban J connectivity index is 2.30. The number of hydrogen-bond donors (Lipinski definition) is 0. The summed E-state index contributed by atoms with van der Waals surface area (Å²) >= 11 is 1.57. The molecule has 86 valence electrons. The molecule has 2 rings (SSSR count). The minimum atomic E-state index is -0.0148. The number of aryl methyl sites for hydroxylation is 2. The van der Waals surface area contributed by atoms with Gasteiger partial charge in [0.15, 0.2) is 0 Å². The van der Waals surface area contributed by atoms with Gasteiger partial charge in [0, 0.05) is 11.3 Å². The average Bonchev–Trinajstić information content (AvgIpc) is 2.65. The number of carbonyl (C=O) groups is 1. The molecule has 1 atom stereocenters. The second-order valence-corrected chi connectivity index (χ2v) is 5.56. The van der Waals surface area contributed by atoms with Crippen LogP contribution in [0.3, 0.4) is 0 Å². The highest BCUT2D eigenvalue weighted by Crippen LogP contribution is 2.31. The van der Waals surface area contributed by atoms with Gasteiger partial charge in [0.05, 0.1) is 5.25 Å². The molecule has 16 heavy (non-hydrogen) atoms. The van der Waals surface area contributed by atoms with E-state index in [0.717, 1.165) is 30.1 Å². The topological polar surface area (TPSA) is 42.9 Å². The molecule has 1 aliphatic carbocycles. The molecule has 0 amide bonds. The maximum Gasteiger partial charge on any atom is 0.142 e. The van der Waals surface area contributed by atoms with Crippen molar-refractivity contribution in [3.8, 4) is 0 Å². The van der Waals surface area contributed by atoms with Crippen LogP contribution >= 0.6 is 11.8 Å². The summed E-state index contributed by atoms with van der Waals surface area (Å²) in [6.45, 7) is 5.48. The summed E-state index contributed by atoms with van der Waals surface area (Å²) in [5, 5.41) is 1.00. The number of carbonyl (C=O) groups excluding carboxylic acids is 1. The van der Waals surface area contributed by atoms with E-state index in [1.807, 2.05) is 13.8 Å². The first-order valence-corrected chi connectivity index (χ1v) is 6.49. The normalized spacial score (nSPS) is 15.9. The maximum absolute atomic E-state index is 11.3. The summed E-state index contributed by atoms with van der Waals surface area (Å²) < 4.78 is 0. The third kappa shape index (κ3) is 2.26. The van der Waals surface area contributed by atoms with Crippen molar-refractivity contribution in [1.29, 1.82) is 0 Å². The zero-order valence-corrected chi connectivity index (χ0v) is 10.7. The summed E-state index contributed by atoms with van der Waals surface area (Å²) in [5.74, 6) is 1.02. The van der Waals surface area contributed by atoms with E-state index in [2.05, 4.69) is 9.97 Å². The zero-order chi connectivity index (χ0) is 11.7. The molecule has 0 fully saturated rings. The predicted octanol–water partition coefficient (Wildman–Crippen LogP) is 2.34. The van der Waals surface area contributed by atoms with E-state index in [1.54, 1.807) is 18.7 Å². The summed E-state index contributed by atoms with van der Waals surface area (Å²) in [5.41, 5.74) is 2.45. The fourth-order valence-electron chi connectivity index (χ4n) is 1.86. The first kappa shape index (κ1) is 11.6. The van der Waals surface area contributed by atoms with Crippen LogP contribution in [0.25, 0.3) is 0 Å². The van der Waals surface area contributed by atoms with Crippen LogP contribution in [-0.2, 0) is 17.6 Å². The standard InChI is InChI=1S/C12H16N2OS/c1-7(15)8(2)16-12-10-5-4-6-11(10)13-9(3)14-12/h8H,4-6H2,1-3H3/t8-/m1/s1. The van der Waals surface area contributed by atoms with Crippen LogP contribution in [0, 0.1) is 6.92 Å². The Bertz CT molecular complexity index is 431. The lowest BCUT2D eigenvalue weighted by Crippen LogP contribution is -2.10. The SMILES string of the molecule is CC(=O)[C@@H](C)Sc1nc(C)nc2c1CCC2. The van der Waals surface area contributed by atoms with E-state index < -0.39 is 0 Å². The monoisotopic (exact) mass is 236 g/mol. The van der Waals surface area contributed by atoms with Crippen molar-refractivity contribution in [2.75, 3.05) is 0 Å². The van der Waals surface area contributed by atoms with Crippen LogP contribution in [-0.4, -0.2) is 21.0 Å². The van der Waals surface area contributed by atoms with Gasteiger partial charge in [-0.2, -0.15) is 0 Å². The molecule has 1 aromatic heterocycles. The van der Waals surface area contributed by atoms with Gasteiger partial charge in [-0.15, -0.1) is 0 Å². The molecule has 0 aliphatic heterocycles. The highest BCUT2D eigenvalue weighted by molar-refractivity contribution is 8.00. The van der Waals surface area contributed by atoms with Gasteiger partial charge in [-0.3, -0.25) is 4.79 Å². The molecule has 0 saturated heterocycles. The summed E-state index contributed by atoms with van der Waals surface area (Å²) in [4.78, 5) is 20.2. The van der Waals surface area contributed by atoms with E-state index in [4.69, 9.17) is 0 Å². The number of nitrogens with zero attached hydrogens (tertiary/aromatic N) is 2. The third-order valence-corrected chi connectivity index (χ3v) is 4.11. The fraction of sp³-hybridized carbons (Fsp3) is 0.583. The fourth-order valence-corrected chi connectivity index (χ4v) is 2.91. The van der Waals surface area contributed by atoms with Crippen LogP contribution in [0.4, 0.5) is 0 Å². The first-order chi connectivity index (χ1) is 7.58. The number of aromatic nitrogens is 2. The van der Waals surface area contributed by atoms with Crippen molar-refractivity contribution in [3.63, 3.8) is 0 Å². The lowest BCUT2D eigenvalue weighted by Gasteiger charge is -2.11. The number of rotatable bonds is 3. The second kappa shape index (κ2) is 4.53. The van der Waals surface area contributed by atoms with Gasteiger partial charge in [0.2, 0.25) is 0 Å². The quantitative estimate of drug-likeness (QED) is 0.597. The summed E-state index contributed by atoms with van der Waals surface area (Å²) in [6, 6.07) is 0. The van der Waals surface area contributed by atoms with Crippen molar-refractivity contribution in [3.05, 3.63) is 17.1 Å². The van der Waals surface area contributed by atoms with Gasteiger partial charge >= 0.3 is 0 Å². The molecule has 0 N–H and O–H groups in total. The maximum atomic E-state index is 11.3. The highest BCUT2D eigenvalue weighted by atomic mass is 32.2. The third-order valence-electron chi connectivity index (χ3n) is 2.87. The minimum absolute atomic E-state index is 0.0148. The molecule has 4 heteroatoms. The van der Waals surface area contributed by atoms with Gasteiger partial charge in [-0.05, 0) is 40.0 Å².